The summed E-state index contributed by atoms with van der Waals surface area (Å²) in [5, 5.41) is 3.45. The van der Waals surface area contributed by atoms with Crippen LogP contribution in [-0.4, -0.2) is 43.8 Å². The Bertz CT molecular complexity index is 529. The summed E-state index contributed by atoms with van der Waals surface area (Å²) in [6.45, 7) is 7.16. The van der Waals surface area contributed by atoms with Gasteiger partial charge < -0.3 is 15.8 Å². The molecule has 0 radical (unpaired) electrons. The molecule has 2 aliphatic heterocycles. The predicted molar refractivity (Wildman–Crippen MR) is 95.6 cm³/mol. The van der Waals surface area contributed by atoms with Gasteiger partial charge in [0.15, 0.2) is 0 Å². The number of likely N-dealkylation sites (tertiary alicyclic amines) is 1. The third-order valence-corrected chi connectivity index (χ3v) is 4.90. The van der Waals surface area contributed by atoms with E-state index in [4.69, 9.17) is 10.5 Å². The second kappa shape index (κ2) is 7.95. The summed E-state index contributed by atoms with van der Waals surface area (Å²) in [5.74, 6) is 0.540. The van der Waals surface area contributed by atoms with Crippen molar-refractivity contribution in [2.45, 2.75) is 38.1 Å². The molecule has 2 saturated heterocycles. The van der Waals surface area contributed by atoms with E-state index in [-0.39, 0.29) is 6.04 Å². The number of nitrogens with one attached hydrogen (secondary N) is 1. The van der Waals surface area contributed by atoms with Crippen molar-refractivity contribution in [1.29, 1.82) is 0 Å². The Kier molecular flexibility index (Phi) is 5.70. The van der Waals surface area contributed by atoms with Crippen LogP contribution < -0.4 is 11.1 Å². The summed E-state index contributed by atoms with van der Waals surface area (Å²) in [6.07, 6.45) is 5.85. The largest absolute Gasteiger partial charge is 0.381 e. The zero-order valence-corrected chi connectivity index (χ0v) is 14.1. The molecule has 3 rings (SSSR count). The maximum Gasteiger partial charge on any atom is 0.0535 e. The molecule has 1 aromatic rings. The molecule has 2 atom stereocenters. The average Bonchev–Trinajstić information content (AvgIpc) is 3.24. The van der Waals surface area contributed by atoms with Crippen molar-refractivity contribution < 1.29 is 4.74 Å². The Morgan fingerprint density at radius 1 is 1.43 bits per heavy atom. The van der Waals surface area contributed by atoms with Crippen molar-refractivity contribution in [1.82, 2.24) is 4.90 Å². The highest BCUT2D eigenvalue weighted by atomic mass is 16.5. The molecule has 4 heteroatoms. The van der Waals surface area contributed by atoms with Crippen LogP contribution in [-0.2, 0) is 4.74 Å². The third-order valence-electron chi connectivity index (χ3n) is 4.90. The molecule has 0 bridgehead atoms. The summed E-state index contributed by atoms with van der Waals surface area (Å²) < 4.78 is 5.50. The molecule has 23 heavy (non-hydrogen) atoms. The summed E-state index contributed by atoms with van der Waals surface area (Å²) >= 11 is 0. The zero-order chi connectivity index (χ0) is 16.1. The SMILES string of the molecule is CC(N)/C(=C\Nc1cccc([C@@H]2CCOC2)c1)CN1CCCC1. The number of benzene rings is 1. The van der Waals surface area contributed by atoms with Gasteiger partial charge in [0.2, 0.25) is 0 Å². The van der Waals surface area contributed by atoms with Gasteiger partial charge in [0.25, 0.3) is 0 Å². The lowest BCUT2D eigenvalue weighted by Crippen LogP contribution is -2.30. The van der Waals surface area contributed by atoms with Crippen molar-refractivity contribution in [2.75, 3.05) is 38.2 Å². The van der Waals surface area contributed by atoms with Crippen LogP contribution in [0.25, 0.3) is 0 Å². The van der Waals surface area contributed by atoms with Crippen LogP contribution in [0.4, 0.5) is 5.69 Å². The Morgan fingerprint density at radius 2 is 2.26 bits per heavy atom. The number of hydrogen-bond donors (Lipinski definition) is 2. The quantitative estimate of drug-likeness (QED) is 0.847. The van der Waals surface area contributed by atoms with Gasteiger partial charge in [-0.05, 0) is 62.5 Å². The van der Waals surface area contributed by atoms with E-state index in [2.05, 4.69) is 47.6 Å². The lowest BCUT2D eigenvalue weighted by Gasteiger charge is -2.20. The van der Waals surface area contributed by atoms with E-state index in [0.29, 0.717) is 5.92 Å². The van der Waals surface area contributed by atoms with Gasteiger partial charge in [0, 0.05) is 37.0 Å². The predicted octanol–water partition coefficient (Wildman–Crippen LogP) is 2.93. The molecular formula is C19H29N3O. The summed E-state index contributed by atoms with van der Waals surface area (Å²) in [5.41, 5.74) is 9.92. The highest BCUT2D eigenvalue weighted by Crippen LogP contribution is 2.27. The van der Waals surface area contributed by atoms with Gasteiger partial charge in [-0.15, -0.1) is 0 Å². The highest BCUT2D eigenvalue weighted by molar-refractivity contribution is 5.49. The summed E-state index contributed by atoms with van der Waals surface area (Å²) in [6, 6.07) is 8.75. The van der Waals surface area contributed by atoms with Gasteiger partial charge in [0.05, 0.1) is 6.61 Å². The molecule has 2 aliphatic rings. The molecule has 0 saturated carbocycles. The molecule has 126 valence electrons. The first-order valence-electron chi connectivity index (χ1n) is 8.83. The number of rotatable bonds is 6. The molecule has 1 aromatic carbocycles. The zero-order valence-electron chi connectivity index (χ0n) is 14.1. The van der Waals surface area contributed by atoms with Gasteiger partial charge in [-0.3, -0.25) is 4.90 Å². The molecule has 2 heterocycles. The maximum absolute atomic E-state index is 6.16. The fourth-order valence-electron chi connectivity index (χ4n) is 3.38. The molecule has 0 aromatic heterocycles. The topological polar surface area (TPSA) is 50.5 Å². The van der Waals surface area contributed by atoms with Crippen LogP contribution in [0.3, 0.4) is 0 Å². The number of nitrogens with zero attached hydrogens (tertiary/aromatic N) is 1. The molecule has 0 spiro atoms. The molecular weight excluding hydrogens is 286 g/mol. The molecule has 0 amide bonds. The lowest BCUT2D eigenvalue weighted by molar-refractivity contribution is 0.194. The summed E-state index contributed by atoms with van der Waals surface area (Å²) in [4.78, 5) is 2.49. The first-order valence-corrected chi connectivity index (χ1v) is 8.83. The fraction of sp³-hybridized carbons (Fsp3) is 0.579. The van der Waals surface area contributed by atoms with E-state index in [0.717, 1.165) is 31.9 Å². The van der Waals surface area contributed by atoms with E-state index >= 15 is 0 Å². The van der Waals surface area contributed by atoms with Crippen molar-refractivity contribution >= 4 is 5.69 Å². The molecule has 3 N–H and O–H groups in total. The van der Waals surface area contributed by atoms with Crippen molar-refractivity contribution in [3.05, 3.63) is 41.6 Å². The number of nitrogens with two attached hydrogens (primary N) is 1. The van der Waals surface area contributed by atoms with E-state index in [1.807, 2.05) is 0 Å². The van der Waals surface area contributed by atoms with Crippen LogP contribution in [0.1, 0.15) is 37.7 Å². The van der Waals surface area contributed by atoms with Crippen molar-refractivity contribution in [2.24, 2.45) is 5.73 Å². The molecule has 2 fully saturated rings. The van der Waals surface area contributed by atoms with E-state index < -0.39 is 0 Å². The minimum absolute atomic E-state index is 0.0783. The molecule has 4 nitrogen and oxygen atoms in total. The normalized spacial score (nSPS) is 24.1. The number of ether oxygens (including phenoxy) is 1. The van der Waals surface area contributed by atoms with Gasteiger partial charge in [-0.1, -0.05) is 12.1 Å². The standard InChI is InChI=1S/C19H29N3O/c1-15(20)18(13-22-8-2-3-9-22)12-21-19-6-4-5-16(11-19)17-7-10-23-14-17/h4-6,11-12,15,17,21H,2-3,7-10,13-14,20H2,1H3/b18-12-/t15?,17-/m1/s1. The van der Waals surface area contributed by atoms with Gasteiger partial charge in [0.1, 0.15) is 0 Å². The van der Waals surface area contributed by atoms with Crippen LogP contribution >= 0.6 is 0 Å². The van der Waals surface area contributed by atoms with Crippen molar-refractivity contribution in [3.63, 3.8) is 0 Å². The highest BCUT2D eigenvalue weighted by Gasteiger charge is 2.18. The second-order valence-electron chi connectivity index (χ2n) is 6.82. The minimum atomic E-state index is 0.0783. The van der Waals surface area contributed by atoms with E-state index in [9.17, 15) is 0 Å². The van der Waals surface area contributed by atoms with E-state index in [1.165, 1.54) is 37.1 Å². The van der Waals surface area contributed by atoms with Gasteiger partial charge in [-0.2, -0.15) is 0 Å². The smallest absolute Gasteiger partial charge is 0.0535 e. The van der Waals surface area contributed by atoms with E-state index in [1.54, 1.807) is 0 Å². The van der Waals surface area contributed by atoms with Gasteiger partial charge in [-0.25, -0.2) is 0 Å². The average molecular weight is 315 g/mol. The molecule has 1 unspecified atom stereocenters. The Balaban J connectivity index is 1.65. The minimum Gasteiger partial charge on any atom is -0.381 e. The van der Waals surface area contributed by atoms with Gasteiger partial charge >= 0.3 is 0 Å². The van der Waals surface area contributed by atoms with Crippen LogP contribution in [0.2, 0.25) is 0 Å². The Hall–Kier alpha value is -1.36. The fourth-order valence-corrected chi connectivity index (χ4v) is 3.38. The van der Waals surface area contributed by atoms with Crippen molar-refractivity contribution in [3.8, 4) is 0 Å². The third kappa shape index (κ3) is 4.56. The summed E-state index contributed by atoms with van der Waals surface area (Å²) in [7, 11) is 0. The second-order valence-corrected chi connectivity index (χ2v) is 6.82. The van der Waals surface area contributed by atoms with Crippen LogP contribution in [0, 0.1) is 0 Å². The lowest BCUT2D eigenvalue weighted by atomic mass is 9.98. The van der Waals surface area contributed by atoms with Crippen LogP contribution in [0.5, 0.6) is 0 Å². The number of hydrogen-bond acceptors (Lipinski definition) is 4. The Morgan fingerprint density at radius 3 is 2.96 bits per heavy atom. The number of anilines is 1. The first kappa shape index (κ1) is 16.5. The first-order chi connectivity index (χ1) is 11.2. The molecule has 0 aliphatic carbocycles. The van der Waals surface area contributed by atoms with Crippen LogP contribution in [0.15, 0.2) is 36.0 Å². The Labute approximate surface area is 139 Å². The monoisotopic (exact) mass is 315 g/mol. The maximum atomic E-state index is 6.16.